The van der Waals surface area contributed by atoms with E-state index in [1.54, 1.807) is 18.2 Å². The minimum atomic E-state index is -0.905. The number of carboxylic acids is 1. The second-order valence-electron chi connectivity index (χ2n) is 4.23. The number of hydrogen-bond donors (Lipinski definition) is 3. The van der Waals surface area contributed by atoms with Crippen molar-refractivity contribution >= 4 is 51.1 Å². The molecule has 3 amide bonds. The summed E-state index contributed by atoms with van der Waals surface area (Å²) in [5, 5.41) is 13.4. The van der Waals surface area contributed by atoms with Crippen LogP contribution in [0.3, 0.4) is 0 Å². The maximum atomic E-state index is 11.6. The first-order chi connectivity index (χ1) is 9.88. The van der Waals surface area contributed by atoms with Gasteiger partial charge in [0.25, 0.3) is 0 Å². The molecule has 114 valence electrons. The lowest BCUT2D eigenvalue weighted by molar-refractivity contribution is -0.137. The normalized spacial score (nSPS) is 10.0. The van der Waals surface area contributed by atoms with Crippen molar-refractivity contribution in [1.29, 1.82) is 0 Å². The third-order valence-electron chi connectivity index (χ3n) is 2.48. The van der Waals surface area contributed by atoms with Crippen LogP contribution in [0, 0.1) is 0 Å². The van der Waals surface area contributed by atoms with Crippen LogP contribution in [-0.4, -0.2) is 23.0 Å². The molecule has 1 aromatic carbocycles. The molecule has 0 unspecified atom stereocenters. The number of urea groups is 1. The topological polar surface area (TPSA) is 95.5 Å². The van der Waals surface area contributed by atoms with Crippen molar-refractivity contribution in [1.82, 2.24) is 5.32 Å². The van der Waals surface area contributed by atoms with Gasteiger partial charge in [0, 0.05) is 17.3 Å². The van der Waals surface area contributed by atoms with Crippen LogP contribution >= 0.6 is 27.5 Å². The van der Waals surface area contributed by atoms with Gasteiger partial charge in [-0.1, -0.05) is 27.5 Å². The van der Waals surface area contributed by atoms with Crippen LogP contribution in [0.5, 0.6) is 0 Å². The monoisotopic (exact) mass is 376 g/mol. The molecule has 1 rings (SSSR count). The number of hydrogen-bond acceptors (Lipinski definition) is 3. The molecule has 3 N–H and O–H groups in total. The van der Waals surface area contributed by atoms with Crippen molar-refractivity contribution in [2.45, 2.75) is 25.7 Å². The van der Waals surface area contributed by atoms with Gasteiger partial charge in [-0.2, -0.15) is 0 Å². The molecule has 21 heavy (non-hydrogen) atoms. The Kier molecular flexibility index (Phi) is 7.18. The second kappa shape index (κ2) is 8.63. The Morgan fingerprint density at radius 3 is 2.48 bits per heavy atom. The van der Waals surface area contributed by atoms with Gasteiger partial charge in [-0.05, 0) is 31.0 Å². The van der Waals surface area contributed by atoms with E-state index < -0.39 is 17.9 Å². The van der Waals surface area contributed by atoms with Crippen LogP contribution in [0.4, 0.5) is 10.5 Å². The van der Waals surface area contributed by atoms with Crippen molar-refractivity contribution in [3.8, 4) is 0 Å². The first-order valence-electron chi connectivity index (χ1n) is 6.16. The number of carboxylic acid groups (broad SMARTS) is 1. The molecule has 0 radical (unpaired) electrons. The number of aliphatic carboxylic acids is 1. The lowest BCUT2D eigenvalue weighted by Crippen LogP contribution is -2.34. The number of benzene rings is 1. The van der Waals surface area contributed by atoms with Crippen LogP contribution in [0.1, 0.15) is 25.7 Å². The zero-order chi connectivity index (χ0) is 15.8. The quantitative estimate of drug-likeness (QED) is 0.662. The smallest absolute Gasteiger partial charge is 0.325 e. The minimum absolute atomic E-state index is 0.00791. The van der Waals surface area contributed by atoms with Crippen LogP contribution < -0.4 is 10.6 Å². The maximum Gasteiger partial charge on any atom is 0.325 e. The Labute approximate surface area is 135 Å². The predicted molar refractivity (Wildman–Crippen MR) is 82.4 cm³/mol. The van der Waals surface area contributed by atoms with E-state index in [9.17, 15) is 14.4 Å². The molecule has 0 saturated carbocycles. The second-order valence-corrected chi connectivity index (χ2v) is 5.55. The highest BCUT2D eigenvalue weighted by molar-refractivity contribution is 9.10. The molecule has 0 aromatic heterocycles. The molecule has 0 bridgehead atoms. The molecule has 0 spiro atoms. The van der Waals surface area contributed by atoms with Crippen molar-refractivity contribution in [3.63, 3.8) is 0 Å². The average Bonchev–Trinajstić information content (AvgIpc) is 2.38. The molecule has 1 aromatic rings. The van der Waals surface area contributed by atoms with Gasteiger partial charge in [-0.15, -0.1) is 0 Å². The predicted octanol–water partition coefficient (Wildman–Crippen LogP) is 3.40. The molecule has 6 nitrogen and oxygen atoms in total. The molecule has 0 aliphatic carbocycles. The van der Waals surface area contributed by atoms with Crippen LogP contribution in [-0.2, 0) is 9.59 Å². The lowest BCUT2D eigenvalue weighted by atomic mass is 10.2. The highest BCUT2D eigenvalue weighted by atomic mass is 79.9. The van der Waals surface area contributed by atoms with E-state index in [2.05, 4.69) is 26.6 Å². The Morgan fingerprint density at radius 2 is 1.86 bits per heavy atom. The molecular weight excluding hydrogens is 364 g/mol. The molecular formula is C13H14BrClN2O4. The Balaban J connectivity index is 2.36. The number of anilines is 1. The number of carbonyl (C=O) groups is 3. The van der Waals surface area contributed by atoms with E-state index in [0.717, 1.165) is 4.47 Å². The van der Waals surface area contributed by atoms with Crippen LogP contribution in [0.25, 0.3) is 0 Å². The van der Waals surface area contributed by atoms with Gasteiger partial charge in [0.05, 0.1) is 10.7 Å². The summed E-state index contributed by atoms with van der Waals surface area (Å²) >= 11 is 9.17. The third kappa shape index (κ3) is 7.10. The summed E-state index contributed by atoms with van der Waals surface area (Å²) in [6.45, 7) is 0. The van der Waals surface area contributed by atoms with Gasteiger partial charge in [-0.25, -0.2) is 4.79 Å². The summed E-state index contributed by atoms with van der Waals surface area (Å²) < 4.78 is 0.771. The van der Waals surface area contributed by atoms with Crippen LogP contribution in [0.2, 0.25) is 5.02 Å². The van der Waals surface area contributed by atoms with Gasteiger partial charge in [0.15, 0.2) is 0 Å². The van der Waals surface area contributed by atoms with Crippen molar-refractivity contribution in [2.24, 2.45) is 0 Å². The summed E-state index contributed by atoms with van der Waals surface area (Å²) in [4.78, 5) is 33.4. The molecule has 0 heterocycles. The van der Waals surface area contributed by atoms with Gasteiger partial charge in [0.2, 0.25) is 5.91 Å². The minimum Gasteiger partial charge on any atom is -0.481 e. The number of imide groups is 1. The van der Waals surface area contributed by atoms with Crippen LogP contribution in [0.15, 0.2) is 22.7 Å². The zero-order valence-electron chi connectivity index (χ0n) is 11.0. The fraction of sp³-hybridized carbons (Fsp3) is 0.308. The molecule has 0 fully saturated rings. The van der Waals surface area contributed by atoms with E-state index in [0.29, 0.717) is 23.6 Å². The number of nitrogens with one attached hydrogen (secondary N) is 2. The zero-order valence-corrected chi connectivity index (χ0v) is 13.3. The van der Waals surface area contributed by atoms with E-state index in [-0.39, 0.29) is 12.8 Å². The summed E-state index contributed by atoms with van der Waals surface area (Å²) in [7, 11) is 0. The average molecular weight is 378 g/mol. The summed E-state index contributed by atoms with van der Waals surface area (Å²) in [6.07, 6.45) is 0.899. The fourth-order valence-corrected chi connectivity index (χ4v) is 2.22. The third-order valence-corrected chi connectivity index (χ3v) is 3.28. The molecule has 0 saturated heterocycles. The van der Waals surface area contributed by atoms with E-state index in [1.807, 2.05) is 0 Å². The maximum absolute atomic E-state index is 11.6. The first kappa shape index (κ1) is 17.5. The highest BCUT2D eigenvalue weighted by Crippen LogP contribution is 2.25. The fourth-order valence-electron chi connectivity index (χ4n) is 1.50. The molecule has 8 heteroatoms. The van der Waals surface area contributed by atoms with Gasteiger partial charge in [-0.3, -0.25) is 14.9 Å². The summed E-state index contributed by atoms with van der Waals surface area (Å²) in [6, 6.07) is 4.24. The van der Waals surface area contributed by atoms with Crippen molar-refractivity contribution in [3.05, 3.63) is 27.7 Å². The van der Waals surface area contributed by atoms with E-state index >= 15 is 0 Å². The molecule has 0 aliphatic rings. The number of rotatable bonds is 6. The van der Waals surface area contributed by atoms with Gasteiger partial charge < -0.3 is 10.4 Å². The Morgan fingerprint density at radius 1 is 1.19 bits per heavy atom. The Bertz CT molecular complexity index is 551. The van der Waals surface area contributed by atoms with Crippen molar-refractivity contribution < 1.29 is 19.5 Å². The SMILES string of the molecule is O=C(O)CCCCC(=O)NC(=O)Nc1ccc(Br)cc1Cl. The number of carbonyl (C=O) groups excluding carboxylic acids is 2. The lowest BCUT2D eigenvalue weighted by Gasteiger charge is -2.08. The summed E-state index contributed by atoms with van der Waals surface area (Å²) in [5.74, 6) is -1.37. The number of halogens is 2. The number of unbranched alkanes of at least 4 members (excludes halogenated alkanes) is 1. The van der Waals surface area contributed by atoms with Crippen molar-refractivity contribution in [2.75, 3.05) is 5.32 Å². The van der Waals surface area contributed by atoms with E-state index in [1.165, 1.54) is 0 Å². The van der Waals surface area contributed by atoms with Gasteiger partial charge >= 0.3 is 12.0 Å². The standard InChI is InChI=1S/C13H14BrClN2O4/c14-8-5-6-10(9(15)7-8)16-13(21)17-11(18)3-1-2-4-12(19)20/h5-7H,1-4H2,(H,19,20)(H2,16,17,18,21). The number of amides is 3. The molecule has 0 atom stereocenters. The summed E-state index contributed by atoms with van der Waals surface area (Å²) in [5.41, 5.74) is 0.385. The van der Waals surface area contributed by atoms with Gasteiger partial charge in [0.1, 0.15) is 0 Å². The highest BCUT2D eigenvalue weighted by Gasteiger charge is 2.10. The largest absolute Gasteiger partial charge is 0.481 e. The Hall–Kier alpha value is -1.60. The molecule has 0 aliphatic heterocycles. The first-order valence-corrected chi connectivity index (χ1v) is 7.33. The van der Waals surface area contributed by atoms with E-state index in [4.69, 9.17) is 16.7 Å².